The fourth-order valence-corrected chi connectivity index (χ4v) is 2.78. The van der Waals surface area contributed by atoms with E-state index in [1.54, 1.807) is 0 Å². The number of hydrogen-bond acceptors (Lipinski definition) is 2. The molecule has 3 rings (SSSR count). The number of hydrogen-bond donors (Lipinski definition) is 1. The number of rotatable bonds is 3. The van der Waals surface area contributed by atoms with Crippen molar-refractivity contribution < 1.29 is 31.1 Å². The van der Waals surface area contributed by atoms with E-state index in [2.05, 4.69) is 18.2 Å². The molecule has 4 heteroatoms. The van der Waals surface area contributed by atoms with Crippen LogP contribution in [0.2, 0.25) is 0 Å². The summed E-state index contributed by atoms with van der Waals surface area (Å²) in [6, 6.07) is 8.98. The Morgan fingerprint density at radius 2 is 2.35 bits per heavy atom. The van der Waals surface area contributed by atoms with Crippen molar-refractivity contribution in [2.45, 2.75) is 37.2 Å². The summed E-state index contributed by atoms with van der Waals surface area (Å²) in [5, 5.41) is 8.60. The van der Waals surface area contributed by atoms with E-state index in [0.29, 0.717) is 5.92 Å². The van der Waals surface area contributed by atoms with E-state index < -0.39 is 5.97 Å². The summed E-state index contributed by atoms with van der Waals surface area (Å²) in [5.74, 6) is -0.537. The normalized spacial score (nSPS) is 23.5. The van der Waals surface area contributed by atoms with Crippen molar-refractivity contribution in [3.8, 4) is 0 Å². The van der Waals surface area contributed by atoms with Crippen molar-refractivity contribution >= 4 is 12.0 Å². The molecule has 0 amide bonds. The second-order valence-electron chi connectivity index (χ2n) is 5.39. The molecule has 1 saturated heterocycles. The van der Waals surface area contributed by atoms with E-state index in [9.17, 15) is 4.79 Å². The predicted molar refractivity (Wildman–Crippen MR) is 70.5 cm³/mol. The van der Waals surface area contributed by atoms with Gasteiger partial charge in [-0.15, -0.1) is 11.6 Å². The van der Waals surface area contributed by atoms with Gasteiger partial charge in [0.1, 0.15) is 0 Å². The van der Waals surface area contributed by atoms with E-state index in [1.165, 1.54) is 24.5 Å². The Morgan fingerprint density at radius 1 is 1.55 bits per heavy atom. The van der Waals surface area contributed by atoms with Crippen molar-refractivity contribution in [3.63, 3.8) is 0 Å². The van der Waals surface area contributed by atoms with Gasteiger partial charge in [-0.2, -0.15) is 6.07 Å². The van der Waals surface area contributed by atoms with Gasteiger partial charge >= 0.3 is 16.5 Å². The van der Waals surface area contributed by atoms with Crippen LogP contribution in [0.3, 0.4) is 0 Å². The van der Waals surface area contributed by atoms with E-state index >= 15 is 0 Å². The van der Waals surface area contributed by atoms with E-state index in [-0.39, 0.29) is 22.1 Å². The maximum atomic E-state index is 10.5. The van der Waals surface area contributed by atoms with Gasteiger partial charge in [-0.3, -0.25) is 4.79 Å². The Bertz CT molecular complexity index is 520. The average Bonchev–Trinajstić information content (AvgIpc) is 3.16. The van der Waals surface area contributed by atoms with Crippen molar-refractivity contribution in [1.29, 1.82) is 0 Å². The average molecular weight is 315 g/mol. The minimum absolute atomic E-state index is 0. The molecule has 0 bridgehead atoms. The number of ether oxygens (including phenoxy) is 1. The molecule has 2 fully saturated rings. The Hall–Kier alpha value is -1.12. The van der Waals surface area contributed by atoms with Crippen LogP contribution < -0.4 is 0 Å². The first-order valence-corrected chi connectivity index (χ1v) is 6.65. The molecule has 1 saturated carbocycles. The summed E-state index contributed by atoms with van der Waals surface area (Å²) in [5.41, 5.74) is 2.19. The summed E-state index contributed by atoms with van der Waals surface area (Å²) < 4.78 is 5.83. The molecular formula is C16H16NiO3. The molecule has 3 nitrogen and oxygen atoms in total. The molecule has 0 radical (unpaired) electrons. The third-order valence-corrected chi connectivity index (χ3v) is 3.97. The number of carboxylic acids is 1. The summed E-state index contributed by atoms with van der Waals surface area (Å²) in [4.78, 5) is 10.5. The van der Waals surface area contributed by atoms with Crippen LogP contribution in [0.15, 0.2) is 18.2 Å². The zero-order valence-corrected chi connectivity index (χ0v) is 12.0. The maximum Gasteiger partial charge on any atom is 2.00 e. The molecule has 1 heterocycles. The van der Waals surface area contributed by atoms with Gasteiger partial charge in [0.05, 0.1) is 5.60 Å². The Kier molecular flexibility index (Phi) is 4.67. The SMILES string of the molecule is O=C(O)[C-]=Cc1[c-]ccc(C2CCOC3(CC3)C2)c1.[Ni+2]. The molecule has 0 aromatic heterocycles. The van der Waals surface area contributed by atoms with E-state index in [4.69, 9.17) is 9.84 Å². The van der Waals surface area contributed by atoms with Gasteiger partial charge in [0.15, 0.2) is 0 Å². The first kappa shape index (κ1) is 15.3. The first-order valence-electron chi connectivity index (χ1n) is 6.65. The summed E-state index contributed by atoms with van der Waals surface area (Å²) >= 11 is 0. The van der Waals surface area contributed by atoms with Gasteiger partial charge in [0.2, 0.25) is 5.97 Å². The third kappa shape index (κ3) is 3.50. The number of carbonyl (C=O) groups is 1. The van der Waals surface area contributed by atoms with Gasteiger partial charge < -0.3 is 21.5 Å². The van der Waals surface area contributed by atoms with Crippen LogP contribution >= 0.6 is 0 Å². The molecule has 1 aliphatic carbocycles. The largest absolute Gasteiger partial charge is 2.00 e. The topological polar surface area (TPSA) is 46.5 Å². The Labute approximate surface area is 128 Å². The van der Waals surface area contributed by atoms with Crippen molar-refractivity contribution in [3.05, 3.63) is 41.5 Å². The zero-order valence-electron chi connectivity index (χ0n) is 11.0. The molecule has 1 unspecified atom stereocenters. The van der Waals surface area contributed by atoms with E-state index in [1.807, 2.05) is 12.1 Å². The van der Waals surface area contributed by atoms with Gasteiger partial charge in [0, 0.05) is 6.61 Å². The van der Waals surface area contributed by atoms with Gasteiger partial charge in [-0.25, -0.2) is 18.2 Å². The van der Waals surface area contributed by atoms with E-state index in [0.717, 1.165) is 25.0 Å². The summed E-state index contributed by atoms with van der Waals surface area (Å²) in [6.45, 7) is 0.829. The third-order valence-electron chi connectivity index (χ3n) is 3.97. The van der Waals surface area contributed by atoms with Crippen LogP contribution in [0, 0.1) is 12.1 Å². The molecule has 20 heavy (non-hydrogen) atoms. The first-order chi connectivity index (χ1) is 9.17. The zero-order chi connectivity index (χ0) is 13.3. The van der Waals surface area contributed by atoms with Crippen LogP contribution in [0.1, 0.15) is 42.7 Å². The molecule has 108 valence electrons. The van der Waals surface area contributed by atoms with Crippen molar-refractivity contribution in [1.82, 2.24) is 0 Å². The molecule has 1 aromatic rings. The molecule has 1 N–H and O–H groups in total. The number of aliphatic carboxylic acids is 1. The molecule has 1 spiro atoms. The molecule has 2 aliphatic rings. The summed E-state index contributed by atoms with van der Waals surface area (Å²) in [7, 11) is 0. The fraction of sp³-hybridized carbons (Fsp3) is 0.438. The molecule has 1 aliphatic heterocycles. The maximum absolute atomic E-state index is 10.5. The number of benzene rings is 1. The predicted octanol–water partition coefficient (Wildman–Crippen LogP) is 2.81. The molecular weight excluding hydrogens is 299 g/mol. The monoisotopic (exact) mass is 314 g/mol. The second-order valence-corrected chi connectivity index (χ2v) is 5.39. The minimum atomic E-state index is -1.05. The van der Waals surface area contributed by atoms with Crippen LogP contribution in [-0.2, 0) is 26.0 Å². The van der Waals surface area contributed by atoms with Crippen LogP contribution in [-0.4, -0.2) is 23.3 Å². The van der Waals surface area contributed by atoms with Crippen LogP contribution in [0.4, 0.5) is 0 Å². The molecule has 1 atom stereocenters. The van der Waals surface area contributed by atoms with Gasteiger partial charge in [0.25, 0.3) is 0 Å². The minimum Gasteiger partial charge on any atom is -0.493 e. The van der Waals surface area contributed by atoms with Crippen LogP contribution in [0.25, 0.3) is 6.08 Å². The quantitative estimate of drug-likeness (QED) is 0.530. The fourth-order valence-electron chi connectivity index (χ4n) is 2.78. The van der Waals surface area contributed by atoms with Gasteiger partial charge in [-0.05, 0) is 31.6 Å². The van der Waals surface area contributed by atoms with Gasteiger partial charge in [-0.1, -0.05) is 0 Å². The van der Waals surface area contributed by atoms with Crippen molar-refractivity contribution in [2.75, 3.05) is 6.61 Å². The standard InChI is InChI=1S/C16H16O3.Ni/c17-15(18)5-4-12-2-1-3-13(10-12)14-6-9-19-16(11-14)7-8-16;/h1,3-4,10,14H,6-9,11H2,(H,17,18);/q-2;+2. The van der Waals surface area contributed by atoms with Crippen molar-refractivity contribution in [2.24, 2.45) is 0 Å². The van der Waals surface area contributed by atoms with Crippen LogP contribution in [0.5, 0.6) is 0 Å². The second kappa shape index (κ2) is 6.11. The smallest absolute Gasteiger partial charge is 0.493 e. The number of carboxylic acid groups (broad SMARTS) is 1. The Morgan fingerprint density at radius 3 is 3.05 bits per heavy atom. The Balaban J connectivity index is 0.00000147. The molecule has 1 aromatic carbocycles. The summed E-state index contributed by atoms with van der Waals surface area (Å²) in [6.07, 6.45) is 8.22.